The first-order valence-electron chi connectivity index (χ1n) is 9.79. The van der Waals surface area contributed by atoms with Crippen molar-refractivity contribution in [2.24, 2.45) is 0 Å². The summed E-state index contributed by atoms with van der Waals surface area (Å²) in [4.78, 5) is 17.7. The van der Waals surface area contributed by atoms with E-state index >= 15 is 0 Å². The van der Waals surface area contributed by atoms with Gasteiger partial charge < -0.3 is 9.84 Å². The fraction of sp³-hybridized carbons (Fsp3) is 0.350. The van der Waals surface area contributed by atoms with Crippen LogP contribution >= 0.6 is 11.3 Å². The number of rotatable bonds is 7. The Kier molecular flexibility index (Phi) is 6.26. The molecule has 0 bridgehead atoms. The standard InChI is InChI=1S/C20H22N4O4S2/c25-18(9-10-19-22-20(23-28-19)17-8-5-13-29-17)21-15-6-4-7-16(14-15)30(26,27)24-11-2-1-3-12-24/h4-8,13-14H,1-3,9-12H2,(H,21,25). The van der Waals surface area contributed by atoms with Crippen LogP contribution in [0.2, 0.25) is 0 Å². The van der Waals surface area contributed by atoms with Crippen molar-refractivity contribution in [3.8, 4) is 10.7 Å². The molecule has 0 saturated carbocycles. The zero-order valence-corrected chi connectivity index (χ0v) is 17.9. The maximum Gasteiger partial charge on any atom is 0.243 e. The van der Waals surface area contributed by atoms with Gasteiger partial charge in [0.25, 0.3) is 0 Å². The number of carbonyl (C=O) groups excluding carboxylic acids is 1. The number of piperidine rings is 1. The normalized spacial score (nSPS) is 15.2. The van der Waals surface area contributed by atoms with Crippen molar-refractivity contribution in [1.29, 1.82) is 0 Å². The first-order chi connectivity index (χ1) is 14.5. The largest absolute Gasteiger partial charge is 0.339 e. The number of thiophene rings is 1. The maximum atomic E-state index is 12.8. The first-order valence-corrected chi connectivity index (χ1v) is 12.1. The molecule has 0 spiro atoms. The monoisotopic (exact) mass is 446 g/mol. The number of sulfonamides is 1. The number of hydrogen-bond acceptors (Lipinski definition) is 7. The Bertz CT molecular complexity index is 1100. The van der Waals surface area contributed by atoms with Crippen molar-refractivity contribution in [1.82, 2.24) is 14.4 Å². The van der Waals surface area contributed by atoms with Gasteiger partial charge in [-0.25, -0.2) is 8.42 Å². The molecular weight excluding hydrogens is 424 g/mol. The van der Waals surface area contributed by atoms with E-state index in [1.54, 1.807) is 18.2 Å². The molecule has 4 rings (SSSR count). The zero-order valence-electron chi connectivity index (χ0n) is 16.3. The molecule has 1 saturated heterocycles. The topological polar surface area (TPSA) is 105 Å². The Morgan fingerprint density at radius 3 is 2.77 bits per heavy atom. The summed E-state index contributed by atoms with van der Waals surface area (Å²) in [5.74, 6) is 0.643. The van der Waals surface area contributed by atoms with Crippen molar-refractivity contribution in [3.63, 3.8) is 0 Å². The summed E-state index contributed by atoms with van der Waals surface area (Å²) >= 11 is 1.51. The molecule has 1 aromatic carbocycles. The molecule has 0 aliphatic carbocycles. The second-order valence-electron chi connectivity index (χ2n) is 7.03. The Morgan fingerprint density at radius 2 is 2.00 bits per heavy atom. The van der Waals surface area contributed by atoms with Gasteiger partial charge in [-0.05, 0) is 42.5 Å². The van der Waals surface area contributed by atoms with Gasteiger partial charge in [-0.1, -0.05) is 23.7 Å². The number of benzene rings is 1. The molecule has 8 nitrogen and oxygen atoms in total. The molecule has 10 heteroatoms. The van der Waals surface area contributed by atoms with Crippen molar-refractivity contribution >= 4 is 33.0 Å². The third-order valence-corrected chi connectivity index (χ3v) is 7.61. The lowest BCUT2D eigenvalue weighted by Crippen LogP contribution is -2.35. The molecular formula is C20H22N4O4S2. The van der Waals surface area contributed by atoms with Gasteiger partial charge in [-0.2, -0.15) is 9.29 Å². The van der Waals surface area contributed by atoms with Gasteiger partial charge in [0.2, 0.25) is 27.6 Å². The summed E-state index contributed by atoms with van der Waals surface area (Å²) in [5.41, 5.74) is 0.447. The van der Waals surface area contributed by atoms with Crippen LogP contribution in [0.4, 0.5) is 5.69 Å². The number of aryl methyl sites for hydroxylation is 1. The minimum absolute atomic E-state index is 0.148. The highest BCUT2D eigenvalue weighted by molar-refractivity contribution is 7.89. The molecule has 0 unspecified atom stereocenters. The van der Waals surface area contributed by atoms with E-state index in [0.717, 1.165) is 24.1 Å². The molecule has 1 N–H and O–H groups in total. The number of nitrogens with one attached hydrogen (secondary N) is 1. The third kappa shape index (κ3) is 4.77. The van der Waals surface area contributed by atoms with Crippen LogP contribution in [0.5, 0.6) is 0 Å². The van der Waals surface area contributed by atoms with Gasteiger partial charge in [0.1, 0.15) is 0 Å². The van der Waals surface area contributed by atoms with Crippen LogP contribution in [0, 0.1) is 0 Å². The number of amides is 1. The second kappa shape index (κ2) is 9.07. The summed E-state index contributed by atoms with van der Waals surface area (Å²) in [7, 11) is -3.54. The summed E-state index contributed by atoms with van der Waals surface area (Å²) in [5, 5.41) is 8.61. The smallest absolute Gasteiger partial charge is 0.243 e. The van der Waals surface area contributed by atoms with Crippen molar-refractivity contribution in [2.75, 3.05) is 18.4 Å². The Hall–Kier alpha value is -2.56. The van der Waals surface area contributed by atoms with Gasteiger partial charge in [-0.3, -0.25) is 4.79 Å². The molecule has 30 heavy (non-hydrogen) atoms. The van der Waals surface area contributed by atoms with E-state index in [4.69, 9.17) is 4.52 Å². The van der Waals surface area contributed by atoms with Crippen LogP contribution in [-0.4, -0.2) is 41.9 Å². The molecule has 1 amide bonds. The second-order valence-corrected chi connectivity index (χ2v) is 9.92. The molecule has 1 fully saturated rings. The van der Waals surface area contributed by atoms with Crippen LogP contribution in [0.15, 0.2) is 51.2 Å². The Labute approximate surface area is 179 Å². The fourth-order valence-electron chi connectivity index (χ4n) is 3.29. The minimum atomic E-state index is -3.54. The highest BCUT2D eigenvalue weighted by atomic mass is 32.2. The van der Waals surface area contributed by atoms with Crippen LogP contribution in [-0.2, 0) is 21.2 Å². The SMILES string of the molecule is O=C(CCc1nc(-c2cccs2)no1)Nc1cccc(S(=O)(=O)N2CCCCC2)c1. The average molecular weight is 447 g/mol. The molecule has 158 valence electrons. The highest BCUT2D eigenvalue weighted by Crippen LogP contribution is 2.24. The van der Waals surface area contributed by atoms with E-state index in [-0.39, 0.29) is 17.2 Å². The van der Waals surface area contributed by atoms with Crippen molar-refractivity contribution in [2.45, 2.75) is 37.0 Å². The van der Waals surface area contributed by atoms with Gasteiger partial charge in [-0.15, -0.1) is 11.3 Å². The molecule has 1 aliphatic rings. The summed E-state index contributed by atoms with van der Waals surface area (Å²) in [6, 6.07) is 10.2. The first kappa shape index (κ1) is 20.7. The molecule has 2 aromatic heterocycles. The molecule has 1 aliphatic heterocycles. The third-order valence-electron chi connectivity index (χ3n) is 4.85. The average Bonchev–Trinajstić information content (AvgIpc) is 3.45. The predicted octanol–water partition coefficient (Wildman–Crippen LogP) is 3.54. The van der Waals surface area contributed by atoms with E-state index in [9.17, 15) is 13.2 Å². The van der Waals surface area contributed by atoms with Gasteiger partial charge in [0, 0.05) is 31.6 Å². The van der Waals surface area contributed by atoms with E-state index in [0.29, 0.717) is 36.9 Å². The van der Waals surface area contributed by atoms with Crippen LogP contribution in [0.3, 0.4) is 0 Å². The van der Waals surface area contributed by atoms with Crippen LogP contribution in [0.1, 0.15) is 31.6 Å². The van der Waals surface area contributed by atoms with Gasteiger partial charge in [0.15, 0.2) is 0 Å². The Morgan fingerprint density at radius 1 is 1.17 bits per heavy atom. The lowest BCUT2D eigenvalue weighted by atomic mass is 10.2. The number of carbonyl (C=O) groups is 1. The number of anilines is 1. The van der Waals surface area contributed by atoms with E-state index in [2.05, 4.69) is 15.5 Å². The number of hydrogen-bond donors (Lipinski definition) is 1. The van der Waals surface area contributed by atoms with Crippen molar-refractivity contribution in [3.05, 3.63) is 47.7 Å². The van der Waals surface area contributed by atoms with Crippen LogP contribution in [0.25, 0.3) is 10.7 Å². The predicted molar refractivity (Wildman–Crippen MR) is 114 cm³/mol. The Balaban J connectivity index is 1.36. The molecule has 3 heterocycles. The molecule has 0 atom stereocenters. The lowest BCUT2D eigenvalue weighted by molar-refractivity contribution is -0.116. The number of nitrogens with zero attached hydrogens (tertiary/aromatic N) is 3. The van der Waals surface area contributed by atoms with Gasteiger partial charge in [0.05, 0.1) is 9.77 Å². The minimum Gasteiger partial charge on any atom is -0.339 e. The lowest BCUT2D eigenvalue weighted by Gasteiger charge is -2.26. The molecule has 0 radical (unpaired) electrons. The fourth-order valence-corrected chi connectivity index (χ4v) is 5.51. The van der Waals surface area contributed by atoms with E-state index in [1.165, 1.54) is 21.7 Å². The van der Waals surface area contributed by atoms with E-state index < -0.39 is 10.0 Å². The van der Waals surface area contributed by atoms with E-state index in [1.807, 2.05) is 17.5 Å². The summed E-state index contributed by atoms with van der Waals surface area (Å²) in [6.07, 6.45) is 3.25. The molecule has 3 aromatic rings. The highest BCUT2D eigenvalue weighted by Gasteiger charge is 2.26. The van der Waals surface area contributed by atoms with Crippen molar-refractivity contribution < 1.29 is 17.7 Å². The van der Waals surface area contributed by atoms with Crippen LogP contribution < -0.4 is 5.32 Å². The summed E-state index contributed by atoms with van der Waals surface area (Å²) in [6.45, 7) is 1.08. The summed E-state index contributed by atoms with van der Waals surface area (Å²) < 4.78 is 32.4. The number of aromatic nitrogens is 2. The zero-order chi connectivity index (χ0) is 21.0. The van der Waals surface area contributed by atoms with Gasteiger partial charge >= 0.3 is 0 Å². The maximum absolute atomic E-state index is 12.8. The quantitative estimate of drug-likeness (QED) is 0.595.